The number of para-hydroxylation sites is 1. The summed E-state index contributed by atoms with van der Waals surface area (Å²) in [6, 6.07) is 13.2. The van der Waals surface area contributed by atoms with Crippen molar-refractivity contribution in [2.24, 2.45) is 0 Å². The van der Waals surface area contributed by atoms with Crippen molar-refractivity contribution in [2.45, 2.75) is 23.6 Å². The van der Waals surface area contributed by atoms with Crippen molar-refractivity contribution in [3.8, 4) is 0 Å². The van der Waals surface area contributed by atoms with Crippen LogP contribution < -0.4 is 0 Å². The highest BCUT2D eigenvalue weighted by molar-refractivity contribution is 8.00. The van der Waals surface area contributed by atoms with E-state index >= 15 is 0 Å². The molecule has 2 aromatic heterocycles. The maximum atomic E-state index is 11.2. The molecule has 25 heavy (non-hydrogen) atoms. The van der Waals surface area contributed by atoms with Gasteiger partial charge in [-0.25, -0.2) is 14.8 Å². The van der Waals surface area contributed by atoms with Gasteiger partial charge in [-0.15, -0.1) is 11.3 Å². The van der Waals surface area contributed by atoms with E-state index in [9.17, 15) is 4.79 Å². The quantitative estimate of drug-likeness (QED) is 0.518. The average molecular weight is 369 g/mol. The number of aromatic nitrogens is 3. The summed E-state index contributed by atoms with van der Waals surface area (Å²) in [4.78, 5) is 20.4. The van der Waals surface area contributed by atoms with E-state index in [0.29, 0.717) is 5.75 Å². The smallest absolute Gasteiger partial charge is 0.335 e. The number of fused-ring (bicyclic) bond motifs is 2. The molecule has 0 bridgehead atoms. The normalized spacial score (nSPS) is 11.4. The van der Waals surface area contributed by atoms with Crippen molar-refractivity contribution in [3.63, 3.8) is 0 Å². The molecule has 0 amide bonds. The van der Waals surface area contributed by atoms with Crippen LogP contribution in [0.2, 0.25) is 0 Å². The highest BCUT2D eigenvalue weighted by atomic mass is 32.2. The number of thiazole rings is 1. The van der Waals surface area contributed by atoms with Crippen LogP contribution in [0.4, 0.5) is 0 Å². The van der Waals surface area contributed by atoms with Gasteiger partial charge in [0, 0.05) is 6.54 Å². The first kappa shape index (κ1) is 16.1. The molecule has 126 valence electrons. The molecule has 0 unspecified atom stereocenters. The number of aromatic carboxylic acids is 1. The summed E-state index contributed by atoms with van der Waals surface area (Å²) in [5.41, 5.74) is 2.97. The fourth-order valence-corrected chi connectivity index (χ4v) is 4.83. The Hall–Kier alpha value is -2.38. The van der Waals surface area contributed by atoms with Crippen LogP contribution in [0.5, 0.6) is 0 Å². The Morgan fingerprint density at radius 2 is 2.04 bits per heavy atom. The minimum Gasteiger partial charge on any atom is -0.478 e. The van der Waals surface area contributed by atoms with E-state index in [4.69, 9.17) is 5.11 Å². The number of hydrogen-bond donors (Lipinski definition) is 1. The molecular weight excluding hydrogens is 354 g/mol. The van der Waals surface area contributed by atoms with Crippen LogP contribution in [0.25, 0.3) is 21.3 Å². The Morgan fingerprint density at radius 3 is 2.80 bits per heavy atom. The van der Waals surface area contributed by atoms with E-state index in [-0.39, 0.29) is 5.56 Å². The SMILES string of the molecule is CCn1c(CSc2nc3ccccc3s2)nc2cc(C(=O)O)ccc21. The van der Waals surface area contributed by atoms with Crippen LogP contribution in [0.15, 0.2) is 46.8 Å². The fourth-order valence-electron chi connectivity index (χ4n) is 2.81. The van der Waals surface area contributed by atoms with Gasteiger partial charge >= 0.3 is 5.97 Å². The van der Waals surface area contributed by atoms with Gasteiger partial charge < -0.3 is 9.67 Å². The zero-order valence-corrected chi connectivity index (χ0v) is 15.1. The summed E-state index contributed by atoms with van der Waals surface area (Å²) >= 11 is 3.34. The van der Waals surface area contributed by atoms with Crippen LogP contribution >= 0.6 is 23.1 Å². The van der Waals surface area contributed by atoms with Gasteiger partial charge in [-0.2, -0.15) is 0 Å². The molecule has 0 radical (unpaired) electrons. The summed E-state index contributed by atoms with van der Waals surface area (Å²) < 4.78 is 4.32. The molecule has 1 N–H and O–H groups in total. The van der Waals surface area contributed by atoms with Gasteiger partial charge in [-0.1, -0.05) is 23.9 Å². The van der Waals surface area contributed by atoms with Crippen LogP contribution in [-0.4, -0.2) is 25.6 Å². The summed E-state index contributed by atoms with van der Waals surface area (Å²) in [5.74, 6) is 0.702. The number of thioether (sulfide) groups is 1. The van der Waals surface area contributed by atoms with Crippen molar-refractivity contribution in [1.29, 1.82) is 0 Å². The zero-order valence-electron chi connectivity index (χ0n) is 13.5. The van der Waals surface area contributed by atoms with Gasteiger partial charge in [0.25, 0.3) is 0 Å². The number of aryl methyl sites for hydroxylation is 1. The third kappa shape index (κ3) is 3.01. The zero-order chi connectivity index (χ0) is 17.4. The van der Waals surface area contributed by atoms with Crippen molar-refractivity contribution < 1.29 is 9.90 Å². The highest BCUT2D eigenvalue weighted by Crippen LogP contribution is 2.32. The second kappa shape index (κ2) is 6.50. The lowest BCUT2D eigenvalue weighted by Gasteiger charge is -2.04. The minimum atomic E-state index is -0.932. The molecule has 0 saturated carbocycles. The number of imidazole rings is 1. The lowest BCUT2D eigenvalue weighted by atomic mass is 10.2. The topological polar surface area (TPSA) is 68.0 Å². The van der Waals surface area contributed by atoms with E-state index in [0.717, 1.165) is 33.3 Å². The predicted molar refractivity (Wildman–Crippen MR) is 102 cm³/mol. The summed E-state index contributed by atoms with van der Waals surface area (Å²) in [6.07, 6.45) is 0. The van der Waals surface area contributed by atoms with E-state index in [1.807, 2.05) is 24.3 Å². The highest BCUT2D eigenvalue weighted by Gasteiger charge is 2.13. The van der Waals surface area contributed by atoms with Crippen LogP contribution in [0.3, 0.4) is 0 Å². The Morgan fingerprint density at radius 1 is 1.20 bits per heavy atom. The molecule has 0 saturated heterocycles. The van der Waals surface area contributed by atoms with Gasteiger partial charge in [-0.05, 0) is 37.3 Å². The van der Waals surface area contributed by atoms with Gasteiger partial charge in [0.05, 0.1) is 32.6 Å². The standard InChI is InChI=1S/C18H15N3O2S2/c1-2-21-14-8-7-11(17(22)23)9-13(14)19-16(21)10-24-18-20-12-5-3-4-6-15(12)25-18/h3-9H,2,10H2,1H3,(H,22,23). The third-order valence-corrected chi connectivity index (χ3v) is 6.16. The molecular formula is C18H15N3O2S2. The lowest BCUT2D eigenvalue weighted by molar-refractivity contribution is 0.0697. The number of carbonyl (C=O) groups is 1. The number of benzene rings is 2. The summed E-state index contributed by atoms with van der Waals surface area (Å²) in [6.45, 7) is 2.86. The van der Waals surface area contributed by atoms with Crippen LogP contribution in [0.1, 0.15) is 23.1 Å². The molecule has 7 heteroatoms. The summed E-state index contributed by atoms with van der Waals surface area (Å²) in [7, 11) is 0. The Bertz CT molecular complexity index is 1050. The Balaban J connectivity index is 1.64. The largest absolute Gasteiger partial charge is 0.478 e. The van der Waals surface area contributed by atoms with E-state index in [1.54, 1.807) is 35.2 Å². The van der Waals surface area contributed by atoms with Crippen molar-refractivity contribution in [3.05, 3.63) is 53.9 Å². The Labute approximate surface area is 152 Å². The van der Waals surface area contributed by atoms with Gasteiger partial charge in [0.2, 0.25) is 0 Å². The van der Waals surface area contributed by atoms with Gasteiger partial charge in [0.15, 0.2) is 4.34 Å². The van der Waals surface area contributed by atoms with Crippen molar-refractivity contribution in [1.82, 2.24) is 14.5 Å². The Kier molecular flexibility index (Phi) is 4.19. The molecule has 0 atom stereocenters. The van der Waals surface area contributed by atoms with E-state index < -0.39 is 5.97 Å². The average Bonchev–Trinajstić information content (AvgIpc) is 3.19. The van der Waals surface area contributed by atoms with Crippen LogP contribution in [-0.2, 0) is 12.3 Å². The fraction of sp³-hybridized carbons (Fsp3) is 0.167. The molecule has 0 aliphatic carbocycles. The number of rotatable bonds is 5. The first-order valence-corrected chi connectivity index (χ1v) is 9.66. The number of hydrogen-bond acceptors (Lipinski definition) is 5. The monoisotopic (exact) mass is 369 g/mol. The van der Waals surface area contributed by atoms with E-state index in [1.165, 1.54) is 4.70 Å². The molecule has 4 aromatic rings. The first-order chi connectivity index (χ1) is 12.2. The second-order valence-electron chi connectivity index (χ2n) is 5.52. The molecule has 0 aliphatic heterocycles. The molecule has 5 nitrogen and oxygen atoms in total. The second-order valence-corrected chi connectivity index (χ2v) is 7.77. The minimum absolute atomic E-state index is 0.263. The number of carboxylic acids is 1. The molecule has 4 rings (SSSR count). The summed E-state index contributed by atoms with van der Waals surface area (Å²) in [5, 5.41) is 9.15. The molecule has 0 fully saturated rings. The van der Waals surface area contributed by atoms with Gasteiger partial charge in [0.1, 0.15) is 5.82 Å². The van der Waals surface area contributed by atoms with Crippen LogP contribution in [0, 0.1) is 0 Å². The van der Waals surface area contributed by atoms with Crippen molar-refractivity contribution >= 4 is 50.3 Å². The molecule has 2 heterocycles. The maximum Gasteiger partial charge on any atom is 0.335 e. The molecule has 0 spiro atoms. The number of carboxylic acid groups (broad SMARTS) is 1. The number of nitrogens with zero attached hydrogens (tertiary/aromatic N) is 3. The predicted octanol–water partition coefficient (Wildman–Crippen LogP) is 4.66. The van der Waals surface area contributed by atoms with Gasteiger partial charge in [-0.3, -0.25) is 0 Å². The maximum absolute atomic E-state index is 11.2. The third-order valence-electron chi connectivity index (χ3n) is 3.99. The lowest BCUT2D eigenvalue weighted by Crippen LogP contribution is -2.00. The van der Waals surface area contributed by atoms with E-state index in [2.05, 4.69) is 27.5 Å². The molecule has 0 aliphatic rings. The van der Waals surface area contributed by atoms with Crippen molar-refractivity contribution in [2.75, 3.05) is 0 Å². The molecule has 2 aromatic carbocycles. The first-order valence-electron chi connectivity index (χ1n) is 7.86.